The summed E-state index contributed by atoms with van der Waals surface area (Å²) in [5.41, 5.74) is 1.73. The molecule has 1 aromatic rings. The number of methoxy groups -OCH3 is 2. The summed E-state index contributed by atoms with van der Waals surface area (Å²) in [6.07, 6.45) is 1.03. The fourth-order valence-corrected chi connectivity index (χ4v) is 2.16. The Morgan fingerprint density at radius 3 is 2.71 bits per heavy atom. The van der Waals surface area contributed by atoms with Crippen molar-refractivity contribution in [3.8, 4) is 5.75 Å². The maximum atomic E-state index is 11.8. The van der Waals surface area contributed by atoms with E-state index in [1.165, 1.54) is 7.11 Å². The lowest BCUT2D eigenvalue weighted by molar-refractivity contribution is -0.146. The third kappa shape index (κ3) is 2.02. The molecule has 4 heteroatoms. The standard InChI is InChI=1S/C13H14O4/c1-16-9-4-5-10-8(7-9)3-6-11(14)12(10)13(15)17-2/h4-5,7,12H,3,6H2,1-2H3/t12-/m0/s1. The SMILES string of the molecule is COC(=O)[C@@H]1C(=O)CCc2cc(OC)ccc21. The molecule has 0 radical (unpaired) electrons. The largest absolute Gasteiger partial charge is 0.497 e. The molecule has 1 aliphatic carbocycles. The van der Waals surface area contributed by atoms with E-state index in [1.54, 1.807) is 19.2 Å². The zero-order valence-corrected chi connectivity index (χ0v) is 9.86. The van der Waals surface area contributed by atoms with Gasteiger partial charge in [0.2, 0.25) is 0 Å². The van der Waals surface area contributed by atoms with Crippen molar-refractivity contribution in [1.82, 2.24) is 0 Å². The van der Waals surface area contributed by atoms with E-state index in [9.17, 15) is 9.59 Å². The molecule has 0 saturated carbocycles. The fraction of sp³-hybridized carbons (Fsp3) is 0.385. The molecule has 0 heterocycles. The maximum Gasteiger partial charge on any atom is 0.320 e. The zero-order chi connectivity index (χ0) is 12.4. The molecular weight excluding hydrogens is 220 g/mol. The number of benzene rings is 1. The number of hydrogen-bond acceptors (Lipinski definition) is 4. The number of fused-ring (bicyclic) bond motifs is 1. The molecule has 0 aliphatic heterocycles. The van der Waals surface area contributed by atoms with Gasteiger partial charge in [0.15, 0.2) is 5.78 Å². The van der Waals surface area contributed by atoms with Crippen molar-refractivity contribution in [2.75, 3.05) is 14.2 Å². The molecule has 1 aromatic carbocycles. The first-order valence-electron chi connectivity index (χ1n) is 5.44. The van der Waals surface area contributed by atoms with Crippen LogP contribution in [0.2, 0.25) is 0 Å². The maximum absolute atomic E-state index is 11.8. The van der Waals surface area contributed by atoms with Gasteiger partial charge in [0.25, 0.3) is 0 Å². The van der Waals surface area contributed by atoms with Crippen LogP contribution < -0.4 is 4.74 Å². The minimum absolute atomic E-state index is 0.0745. The summed E-state index contributed by atoms with van der Waals surface area (Å²) >= 11 is 0. The quantitative estimate of drug-likeness (QED) is 0.574. The third-order valence-corrected chi connectivity index (χ3v) is 3.06. The summed E-state index contributed by atoms with van der Waals surface area (Å²) < 4.78 is 9.81. The molecule has 0 unspecified atom stereocenters. The first kappa shape index (κ1) is 11.6. The monoisotopic (exact) mass is 234 g/mol. The van der Waals surface area contributed by atoms with Crippen LogP contribution in [0.3, 0.4) is 0 Å². The van der Waals surface area contributed by atoms with Crippen molar-refractivity contribution in [3.05, 3.63) is 29.3 Å². The van der Waals surface area contributed by atoms with Gasteiger partial charge in [0.05, 0.1) is 14.2 Å². The van der Waals surface area contributed by atoms with Gasteiger partial charge in [-0.3, -0.25) is 9.59 Å². The van der Waals surface area contributed by atoms with Crippen LogP contribution >= 0.6 is 0 Å². The Balaban J connectivity index is 2.45. The zero-order valence-electron chi connectivity index (χ0n) is 9.86. The Hall–Kier alpha value is -1.84. The van der Waals surface area contributed by atoms with Gasteiger partial charge in [0, 0.05) is 6.42 Å². The van der Waals surface area contributed by atoms with Crippen molar-refractivity contribution in [1.29, 1.82) is 0 Å². The molecule has 0 saturated heterocycles. The van der Waals surface area contributed by atoms with Crippen LogP contribution in [0.4, 0.5) is 0 Å². The normalized spacial score (nSPS) is 18.5. The highest BCUT2D eigenvalue weighted by molar-refractivity contribution is 6.05. The molecule has 17 heavy (non-hydrogen) atoms. The highest BCUT2D eigenvalue weighted by atomic mass is 16.5. The van der Waals surface area contributed by atoms with Crippen molar-refractivity contribution >= 4 is 11.8 Å². The summed E-state index contributed by atoms with van der Waals surface area (Å²) in [4.78, 5) is 23.4. The number of ketones is 1. The number of Topliss-reactive ketones (excluding diaryl/α,β-unsaturated/α-hetero) is 1. The molecule has 1 aliphatic rings. The summed E-state index contributed by atoms with van der Waals surface area (Å²) in [5.74, 6) is -0.591. The molecule has 0 amide bonds. The summed E-state index contributed by atoms with van der Waals surface area (Å²) in [5, 5.41) is 0. The predicted molar refractivity (Wildman–Crippen MR) is 61.1 cm³/mol. The Morgan fingerprint density at radius 2 is 2.06 bits per heavy atom. The number of aryl methyl sites for hydroxylation is 1. The first-order valence-corrected chi connectivity index (χ1v) is 5.44. The Bertz CT molecular complexity index is 464. The van der Waals surface area contributed by atoms with Crippen LogP contribution in [-0.4, -0.2) is 26.0 Å². The average Bonchev–Trinajstić information content (AvgIpc) is 2.37. The molecule has 0 N–H and O–H groups in total. The Morgan fingerprint density at radius 1 is 1.29 bits per heavy atom. The Labute approximate surface area is 99.5 Å². The van der Waals surface area contributed by atoms with E-state index in [1.807, 2.05) is 6.07 Å². The van der Waals surface area contributed by atoms with Gasteiger partial charge in [-0.15, -0.1) is 0 Å². The summed E-state index contributed by atoms with van der Waals surface area (Å²) in [6.45, 7) is 0. The number of carbonyl (C=O) groups is 2. The van der Waals surface area contributed by atoms with Crippen LogP contribution in [0, 0.1) is 0 Å². The van der Waals surface area contributed by atoms with Crippen molar-refractivity contribution in [2.45, 2.75) is 18.8 Å². The van der Waals surface area contributed by atoms with E-state index in [0.29, 0.717) is 12.8 Å². The van der Waals surface area contributed by atoms with E-state index in [-0.39, 0.29) is 5.78 Å². The lowest BCUT2D eigenvalue weighted by Gasteiger charge is -2.22. The van der Waals surface area contributed by atoms with Crippen LogP contribution in [0.25, 0.3) is 0 Å². The van der Waals surface area contributed by atoms with Gasteiger partial charge in [-0.1, -0.05) is 6.07 Å². The number of rotatable bonds is 2. The lowest BCUT2D eigenvalue weighted by Crippen LogP contribution is -2.28. The molecule has 0 fully saturated rings. The number of hydrogen-bond donors (Lipinski definition) is 0. The van der Waals surface area contributed by atoms with E-state index >= 15 is 0 Å². The Kier molecular flexibility index (Phi) is 3.13. The number of carbonyl (C=O) groups excluding carboxylic acids is 2. The second-order valence-corrected chi connectivity index (χ2v) is 3.99. The highest BCUT2D eigenvalue weighted by Crippen LogP contribution is 2.32. The minimum Gasteiger partial charge on any atom is -0.497 e. The topological polar surface area (TPSA) is 52.6 Å². The molecule has 0 aromatic heterocycles. The lowest BCUT2D eigenvalue weighted by atomic mass is 9.82. The average molecular weight is 234 g/mol. The van der Waals surface area contributed by atoms with Gasteiger partial charge in [-0.25, -0.2) is 0 Å². The number of ether oxygens (including phenoxy) is 2. The molecule has 1 atom stereocenters. The predicted octanol–water partition coefficient (Wildman–Crippen LogP) is 1.47. The second kappa shape index (κ2) is 4.57. The molecule has 2 rings (SSSR count). The molecule has 0 spiro atoms. The van der Waals surface area contributed by atoms with Gasteiger partial charge >= 0.3 is 5.97 Å². The first-order chi connectivity index (χ1) is 8.17. The van der Waals surface area contributed by atoms with E-state index in [0.717, 1.165) is 16.9 Å². The molecule has 90 valence electrons. The minimum atomic E-state index is -0.769. The van der Waals surface area contributed by atoms with Crippen molar-refractivity contribution in [2.24, 2.45) is 0 Å². The van der Waals surface area contributed by atoms with Gasteiger partial charge in [-0.05, 0) is 29.7 Å². The number of esters is 1. The van der Waals surface area contributed by atoms with Crippen LogP contribution in [-0.2, 0) is 20.7 Å². The highest BCUT2D eigenvalue weighted by Gasteiger charge is 2.34. The third-order valence-electron chi connectivity index (χ3n) is 3.06. The molecule has 4 nitrogen and oxygen atoms in total. The van der Waals surface area contributed by atoms with Crippen LogP contribution in [0.5, 0.6) is 5.75 Å². The second-order valence-electron chi connectivity index (χ2n) is 3.99. The summed E-state index contributed by atoms with van der Waals surface area (Å²) in [7, 11) is 2.89. The van der Waals surface area contributed by atoms with E-state index in [4.69, 9.17) is 4.74 Å². The van der Waals surface area contributed by atoms with Gasteiger partial charge in [-0.2, -0.15) is 0 Å². The fourth-order valence-electron chi connectivity index (χ4n) is 2.16. The van der Waals surface area contributed by atoms with Crippen molar-refractivity contribution in [3.63, 3.8) is 0 Å². The van der Waals surface area contributed by atoms with Crippen LogP contribution in [0.1, 0.15) is 23.5 Å². The van der Waals surface area contributed by atoms with Crippen LogP contribution in [0.15, 0.2) is 18.2 Å². The van der Waals surface area contributed by atoms with E-state index < -0.39 is 11.9 Å². The van der Waals surface area contributed by atoms with Gasteiger partial charge in [0.1, 0.15) is 11.7 Å². The summed E-state index contributed by atoms with van der Waals surface area (Å²) in [6, 6.07) is 5.40. The van der Waals surface area contributed by atoms with Gasteiger partial charge < -0.3 is 9.47 Å². The van der Waals surface area contributed by atoms with E-state index in [2.05, 4.69) is 4.74 Å². The molecular formula is C13H14O4. The molecule has 0 bridgehead atoms. The smallest absolute Gasteiger partial charge is 0.320 e. The van der Waals surface area contributed by atoms with Crippen molar-refractivity contribution < 1.29 is 19.1 Å².